The van der Waals surface area contributed by atoms with Gasteiger partial charge in [0, 0.05) is 19.5 Å². The highest BCUT2D eigenvalue weighted by atomic mass is 16.1. The average molecular weight is 282 g/mol. The van der Waals surface area contributed by atoms with E-state index in [4.69, 9.17) is 5.73 Å². The maximum absolute atomic E-state index is 11.8. The predicted octanol–water partition coefficient (Wildman–Crippen LogP) is 2.70. The molecule has 2 aromatic rings. The molecule has 21 heavy (non-hydrogen) atoms. The van der Waals surface area contributed by atoms with Crippen LogP contribution in [0.5, 0.6) is 0 Å². The van der Waals surface area contributed by atoms with Gasteiger partial charge in [0.25, 0.3) is 0 Å². The second-order valence-corrected chi connectivity index (χ2v) is 5.28. The number of hydrogen-bond donors (Lipinski definition) is 2. The molecule has 0 saturated heterocycles. The van der Waals surface area contributed by atoms with Crippen LogP contribution in [0.4, 0.5) is 0 Å². The Hall–Kier alpha value is -2.13. The summed E-state index contributed by atoms with van der Waals surface area (Å²) in [5.41, 5.74) is 10.2. The van der Waals surface area contributed by atoms with Crippen molar-refractivity contribution in [2.75, 3.05) is 0 Å². The molecule has 1 amide bonds. The molecule has 3 nitrogen and oxygen atoms in total. The van der Waals surface area contributed by atoms with Gasteiger partial charge in [0.15, 0.2) is 0 Å². The Morgan fingerprint density at radius 2 is 1.52 bits per heavy atom. The van der Waals surface area contributed by atoms with Crippen LogP contribution in [-0.2, 0) is 24.3 Å². The highest BCUT2D eigenvalue weighted by Gasteiger charge is 2.02. The van der Waals surface area contributed by atoms with Gasteiger partial charge in [-0.05, 0) is 30.0 Å². The number of nitrogens with one attached hydrogen (secondary N) is 1. The van der Waals surface area contributed by atoms with Crippen LogP contribution in [0.25, 0.3) is 0 Å². The van der Waals surface area contributed by atoms with Gasteiger partial charge in [-0.25, -0.2) is 0 Å². The van der Waals surface area contributed by atoms with Crippen molar-refractivity contribution >= 4 is 5.91 Å². The number of rotatable bonds is 6. The second-order valence-electron chi connectivity index (χ2n) is 5.28. The molecule has 0 saturated carbocycles. The molecule has 0 atom stereocenters. The van der Waals surface area contributed by atoms with E-state index in [0.717, 1.165) is 17.5 Å². The summed E-state index contributed by atoms with van der Waals surface area (Å²) in [6.45, 7) is 3.17. The van der Waals surface area contributed by atoms with E-state index in [1.54, 1.807) is 0 Å². The largest absolute Gasteiger partial charge is 0.352 e. The fraction of sp³-hybridized carbons (Fsp3) is 0.278. The van der Waals surface area contributed by atoms with Gasteiger partial charge in [-0.15, -0.1) is 0 Å². The van der Waals surface area contributed by atoms with Gasteiger partial charge in [0.1, 0.15) is 0 Å². The standard InChI is InChI=1S/C18H22N2O/c1-14-2-4-15(5-3-14)10-11-18(21)20-13-17-8-6-16(12-19)7-9-17/h2-9H,10-13,19H2,1H3,(H,20,21). The summed E-state index contributed by atoms with van der Waals surface area (Å²) >= 11 is 0. The fourth-order valence-electron chi connectivity index (χ4n) is 2.09. The Balaban J connectivity index is 1.75. The minimum atomic E-state index is 0.0819. The van der Waals surface area contributed by atoms with Crippen LogP contribution < -0.4 is 11.1 Å². The van der Waals surface area contributed by atoms with Crippen LogP contribution in [0.15, 0.2) is 48.5 Å². The van der Waals surface area contributed by atoms with E-state index in [2.05, 4.69) is 36.5 Å². The molecule has 3 heteroatoms. The second kappa shape index (κ2) is 7.60. The van der Waals surface area contributed by atoms with E-state index in [-0.39, 0.29) is 5.91 Å². The molecule has 0 spiro atoms. The average Bonchev–Trinajstić information content (AvgIpc) is 2.53. The number of carbonyl (C=O) groups is 1. The molecule has 0 heterocycles. The zero-order chi connectivity index (χ0) is 15.1. The first-order valence-electron chi connectivity index (χ1n) is 7.27. The predicted molar refractivity (Wildman–Crippen MR) is 85.7 cm³/mol. The smallest absolute Gasteiger partial charge is 0.220 e. The number of benzene rings is 2. The minimum Gasteiger partial charge on any atom is -0.352 e. The maximum atomic E-state index is 11.8. The van der Waals surface area contributed by atoms with Crippen molar-refractivity contribution in [2.45, 2.75) is 32.9 Å². The van der Waals surface area contributed by atoms with Gasteiger partial charge in [-0.3, -0.25) is 4.79 Å². The molecular weight excluding hydrogens is 260 g/mol. The molecule has 0 aromatic heterocycles. The summed E-state index contributed by atoms with van der Waals surface area (Å²) in [6, 6.07) is 16.3. The highest BCUT2D eigenvalue weighted by molar-refractivity contribution is 5.76. The summed E-state index contributed by atoms with van der Waals surface area (Å²) in [5.74, 6) is 0.0819. The van der Waals surface area contributed by atoms with Crippen LogP contribution in [-0.4, -0.2) is 5.91 Å². The Kier molecular flexibility index (Phi) is 5.52. The van der Waals surface area contributed by atoms with Gasteiger partial charge < -0.3 is 11.1 Å². The summed E-state index contributed by atoms with van der Waals surface area (Å²) in [7, 11) is 0. The number of carbonyl (C=O) groups excluding carboxylic acids is 1. The number of amides is 1. The first kappa shape index (κ1) is 15.3. The minimum absolute atomic E-state index is 0.0819. The van der Waals surface area contributed by atoms with Crippen LogP contribution in [0.2, 0.25) is 0 Å². The molecule has 0 aliphatic rings. The van der Waals surface area contributed by atoms with Crippen LogP contribution in [0.1, 0.15) is 28.7 Å². The van der Waals surface area contributed by atoms with Crippen LogP contribution in [0.3, 0.4) is 0 Å². The van der Waals surface area contributed by atoms with E-state index in [1.165, 1.54) is 11.1 Å². The Morgan fingerprint density at radius 1 is 0.952 bits per heavy atom. The Labute approximate surface area is 126 Å². The molecule has 0 aliphatic heterocycles. The lowest BCUT2D eigenvalue weighted by Gasteiger charge is -2.06. The zero-order valence-corrected chi connectivity index (χ0v) is 12.4. The molecule has 0 aliphatic carbocycles. The molecule has 110 valence electrons. The molecule has 3 N–H and O–H groups in total. The van der Waals surface area contributed by atoms with E-state index in [0.29, 0.717) is 19.5 Å². The SMILES string of the molecule is Cc1ccc(CCC(=O)NCc2ccc(CN)cc2)cc1. The summed E-state index contributed by atoms with van der Waals surface area (Å²) in [4.78, 5) is 11.8. The van der Waals surface area contributed by atoms with Gasteiger partial charge >= 0.3 is 0 Å². The van der Waals surface area contributed by atoms with Crippen molar-refractivity contribution in [2.24, 2.45) is 5.73 Å². The fourth-order valence-corrected chi connectivity index (χ4v) is 2.09. The lowest BCUT2D eigenvalue weighted by atomic mass is 10.1. The van der Waals surface area contributed by atoms with Crippen molar-refractivity contribution < 1.29 is 4.79 Å². The van der Waals surface area contributed by atoms with E-state index in [1.807, 2.05) is 24.3 Å². The van der Waals surface area contributed by atoms with Crippen LogP contribution in [0, 0.1) is 6.92 Å². The van der Waals surface area contributed by atoms with Gasteiger partial charge in [0.2, 0.25) is 5.91 Å². The molecule has 0 radical (unpaired) electrons. The third-order valence-electron chi connectivity index (χ3n) is 3.51. The lowest BCUT2D eigenvalue weighted by Crippen LogP contribution is -2.23. The molecule has 0 bridgehead atoms. The summed E-state index contributed by atoms with van der Waals surface area (Å²) in [5, 5.41) is 2.95. The van der Waals surface area contributed by atoms with Crippen molar-refractivity contribution in [3.05, 3.63) is 70.8 Å². The maximum Gasteiger partial charge on any atom is 0.220 e. The third kappa shape index (κ3) is 5.04. The first-order chi connectivity index (χ1) is 10.2. The normalized spacial score (nSPS) is 10.4. The topological polar surface area (TPSA) is 55.1 Å². The molecule has 2 rings (SSSR count). The van der Waals surface area contributed by atoms with Gasteiger partial charge in [-0.1, -0.05) is 54.1 Å². The third-order valence-corrected chi connectivity index (χ3v) is 3.51. The Bertz CT molecular complexity index is 573. The lowest BCUT2D eigenvalue weighted by molar-refractivity contribution is -0.121. The van der Waals surface area contributed by atoms with Gasteiger partial charge in [-0.2, -0.15) is 0 Å². The summed E-state index contributed by atoms with van der Waals surface area (Å²) in [6.07, 6.45) is 1.29. The molecule has 0 fully saturated rings. The number of hydrogen-bond acceptors (Lipinski definition) is 2. The van der Waals surface area contributed by atoms with Crippen molar-refractivity contribution in [3.8, 4) is 0 Å². The number of aryl methyl sites for hydroxylation is 2. The van der Waals surface area contributed by atoms with E-state index >= 15 is 0 Å². The van der Waals surface area contributed by atoms with Crippen LogP contribution >= 0.6 is 0 Å². The first-order valence-corrected chi connectivity index (χ1v) is 7.27. The number of nitrogens with two attached hydrogens (primary N) is 1. The van der Waals surface area contributed by atoms with Crippen molar-refractivity contribution in [1.82, 2.24) is 5.32 Å². The monoisotopic (exact) mass is 282 g/mol. The molecular formula is C18H22N2O. The zero-order valence-electron chi connectivity index (χ0n) is 12.4. The van der Waals surface area contributed by atoms with Crippen molar-refractivity contribution in [3.63, 3.8) is 0 Å². The van der Waals surface area contributed by atoms with Gasteiger partial charge in [0.05, 0.1) is 0 Å². The van der Waals surface area contributed by atoms with E-state index < -0.39 is 0 Å². The summed E-state index contributed by atoms with van der Waals surface area (Å²) < 4.78 is 0. The Morgan fingerprint density at radius 3 is 2.14 bits per heavy atom. The highest BCUT2D eigenvalue weighted by Crippen LogP contribution is 2.06. The molecule has 0 unspecified atom stereocenters. The van der Waals surface area contributed by atoms with Crippen molar-refractivity contribution in [1.29, 1.82) is 0 Å². The van der Waals surface area contributed by atoms with E-state index in [9.17, 15) is 4.79 Å². The quantitative estimate of drug-likeness (QED) is 0.856. The molecule has 2 aromatic carbocycles.